The molecule has 1 nitrogen and oxygen atoms in total. The molecule has 98 valence electrons. The molecule has 1 rings (SSSR count). The van der Waals surface area contributed by atoms with Crippen LogP contribution in [-0.2, 0) is 12.8 Å². The third-order valence-corrected chi connectivity index (χ3v) is 3.07. The number of halogens is 1. The molecule has 0 saturated carbocycles. The van der Waals surface area contributed by atoms with Gasteiger partial charge in [-0.15, -0.1) is 0 Å². The van der Waals surface area contributed by atoms with E-state index in [1.165, 1.54) is 11.1 Å². The van der Waals surface area contributed by atoms with Crippen LogP contribution in [0.1, 0.15) is 44.7 Å². The second kappa shape index (κ2) is 8.10. The second-order valence-corrected chi connectivity index (χ2v) is 4.78. The van der Waals surface area contributed by atoms with Crippen molar-refractivity contribution < 1.29 is 0 Å². The minimum Gasteiger partial charge on any atom is -0.266 e. The molecule has 0 bridgehead atoms. The van der Waals surface area contributed by atoms with E-state index in [2.05, 4.69) is 37.0 Å². The van der Waals surface area contributed by atoms with E-state index in [1.807, 2.05) is 19.2 Å². The fraction of sp³-hybridized carbons (Fsp3) is 0.438. The molecule has 0 heterocycles. The Morgan fingerprint density at radius 3 is 2.67 bits per heavy atom. The molecule has 0 aromatic heterocycles. The van der Waals surface area contributed by atoms with E-state index in [0.29, 0.717) is 0 Å². The minimum atomic E-state index is 0.821. The summed E-state index contributed by atoms with van der Waals surface area (Å²) in [4.78, 5) is 4.48. The van der Waals surface area contributed by atoms with E-state index in [-0.39, 0.29) is 0 Å². The molecule has 18 heavy (non-hydrogen) atoms. The monoisotopic (exact) mass is 263 g/mol. The highest BCUT2D eigenvalue weighted by atomic mass is 35.5. The Bertz CT molecular complexity index is 433. The Morgan fingerprint density at radius 1 is 1.28 bits per heavy atom. The first kappa shape index (κ1) is 15.0. The molecule has 1 aromatic carbocycles. The normalized spacial score (nSPS) is 12.3. The Hall–Kier alpha value is -1.08. The van der Waals surface area contributed by atoms with Crippen LogP contribution in [0.2, 0.25) is 5.02 Å². The van der Waals surface area contributed by atoms with Gasteiger partial charge in [0.05, 0.1) is 0 Å². The predicted octanol–water partition coefficient (Wildman–Crippen LogP) is 5.22. The summed E-state index contributed by atoms with van der Waals surface area (Å²) in [5.41, 5.74) is 3.80. The van der Waals surface area contributed by atoms with Crippen molar-refractivity contribution in [2.75, 3.05) is 0 Å². The van der Waals surface area contributed by atoms with E-state index in [0.717, 1.165) is 36.4 Å². The third kappa shape index (κ3) is 4.66. The molecule has 0 amide bonds. The van der Waals surface area contributed by atoms with Crippen LogP contribution in [0.3, 0.4) is 0 Å². The molecule has 0 radical (unpaired) electrons. The first-order valence-electron chi connectivity index (χ1n) is 6.66. The number of allylic oxidation sites excluding steroid dienone is 2. The van der Waals surface area contributed by atoms with Crippen LogP contribution in [0.5, 0.6) is 0 Å². The maximum atomic E-state index is 6.06. The van der Waals surface area contributed by atoms with Crippen LogP contribution in [0, 0.1) is 0 Å². The van der Waals surface area contributed by atoms with Gasteiger partial charge in [0, 0.05) is 23.4 Å². The average Bonchev–Trinajstić information content (AvgIpc) is 2.37. The lowest BCUT2D eigenvalue weighted by Crippen LogP contribution is -1.96. The highest BCUT2D eigenvalue weighted by Gasteiger charge is 2.05. The minimum absolute atomic E-state index is 0.821. The van der Waals surface area contributed by atoms with Gasteiger partial charge in [0.25, 0.3) is 0 Å². The molecule has 0 aliphatic heterocycles. The quantitative estimate of drug-likeness (QED) is 0.624. The van der Waals surface area contributed by atoms with Crippen LogP contribution in [-0.4, -0.2) is 6.21 Å². The highest BCUT2D eigenvalue weighted by molar-refractivity contribution is 6.30. The zero-order valence-electron chi connectivity index (χ0n) is 11.5. The molecular formula is C16H22ClN. The maximum absolute atomic E-state index is 6.06. The molecule has 2 heteroatoms. The molecule has 0 atom stereocenters. The second-order valence-electron chi connectivity index (χ2n) is 4.34. The topological polar surface area (TPSA) is 12.4 Å². The summed E-state index contributed by atoms with van der Waals surface area (Å²) in [5, 5.41) is 0.821. The molecule has 0 unspecified atom stereocenters. The molecule has 0 saturated heterocycles. The molecule has 0 spiro atoms. The molecule has 0 aliphatic carbocycles. The highest BCUT2D eigenvalue weighted by Crippen LogP contribution is 2.20. The van der Waals surface area contributed by atoms with Crippen LogP contribution in [0.15, 0.2) is 35.0 Å². The van der Waals surface area contributed by atoms with E-state index < -0.39 is 0 Å². The van der Waals surface area contributed by atoms with Crippen molar-refractivity contribution >= 4 is 17.8 Å². The number of hydrogen-bond donors (Lipinski definition) is 0. The van der Waals surface area contributed by atoms with Crippen molar-refractivity contribution in [3.63, 3.8) is 0 Å². The van der Waals surface area contributed by atoms with Gasteiger partial charge in [-0.1, -0.05) is 44.0 Å². The Labute approximate surface area is 116 Å². The van der Waals surface area contributed by atoms with Crippen molar-refractivity contribution in [3.05, 3.63) is 46.1 Å². The number of benzene rings is 1. The largest absolute Gasteiger partial charge is 0.266 e. The van der Waals surface area contributed by atoms with Gasteiger partial charge in [0.2, 0.25) is 0 Å². The molecule has 0 N–H and O–H groups in total. The van der Waals surface area contributed by atoms with Crippen LogP contribution < -0.4 is 0 Å². The summed E-state index contributed by atoms with van der Waals surface area (Å²) < 4.78 is 0. The van der Waals surface area contributed by atoms with E-state index in [9.17, 15) is 0 Å². The van der Waals surface area contributed by atoms with Gasteiger partial charge >= 0.3 is 0 Å². The molecular weight excluding hydrogens is 242 g/mol. The summed E-state index contributed by atoms with van der Waals surface area (Å²) in [6, 6.07) is 6.17. The van der Waals surface area contributed by atoms with Gasteiger partial charge in [-0.3, -0.25) is 4.99 Å². The summed E-state index contributed by atoms with van der Waals surface area (Å²) >= 11 is 6.06. The van der Waals surface area contributed by atoms with Crippen LogP contribution in [0.25, 0.3) is 0 Å². The van der Waals surface area contributed by atoms with E-state index in [4.69, 9.17) is 11.6 Å². The summed E-state index contributed by atoms with van der Waals surface area (Å²) in [7, 11) is 0. The summed E-state index contributed by atoms with van der Waals surface area (Å²) in [6.45, 7) is 6.33. The SMILES string of the molecule is C/C=C(/Cc1ccc(Cl)cc1CCC)N=CCC. The average molecular weight is 264 g/mol. The van der Waals surface area contributed by atoms with Crippen molar-refractivity contribution in [1.29, 1.82) is 0 Å². The third-order valence-electron chi connectivity index (χ3n) is 2.83. The fourth-order valence-corrected chi connectivity index (χ4v) is 2.09. The van der Waals surface area contributed by atoms with Crippen LogP contribution >= 0.6 is 11.6 Å². The van der Waals surface area contributed by atoms with Crippen molar-refractivity contribution in [2.45, 2.75) is 46.5 Å². The van der Waals surface area contributed by atoms with Gasteiger partial charge in [-0.2, -0.15) is 0 Å². The number of aryl methyl sites for hydroxylation is 1. The van der Waals surface area contributed by atoms with Crippen molar-refractivity contribution in [1.82, 2.24) is 0 Å². The van der Waals surface area contributed by atoms with Crippen molar-refractivity contribution in [2.24, 2.45) is 4.99 Å². The van der Waals surface area contributed by atoms with Gasteiger partial charge in [-0.25, -0.2) is 0 Å². The Balaban J connectivity index is 2.91. The fourth-order valence-electron chi connectivity index (χ4n) is 1.89. The Morgan fingerprint density at radius 2 is 2.06 bits per heavy atom. The summed E-state index contributed by atoms with van der Waals surface area (Å²) in [6.07, 6.45) is 8.11. The van der Waals surface area contributed by atoms with Gasteiger partial charge < -0.3 is 0 Å². The number of aliphatic imine (C=N–C) groups is 1. The zero-order chi connectivity index (χ0) is 13.4. The maximum Gasteiger partial charge on any atom is 0.0408 e. The van der Waals surface area contributed by atoms with Gasteiger partial charge in [0.1, 0.15) is 0 Å². The van der Waals surface area contributed by atoms with Crippen LogP contribution in [0.4, 0.5) is 0 Å². The number of nitrogens with zero attached hydrogens (tertiary/aromatic N) is 1. The Kier molecular flexibility index (Phi) is 6.74. The van der Waals surface area contributed by atoms with E-state index in [1.54, 1.807) is 0 Å². The molecule has 0 fully saturated rings. The smallest absolute Gasteiger partial charge is 0.0408 e. The predicted molar refractivity (Wildman–Crippen MR) is 81.7 cm³/mol. The summed E-state index contributed by atoms with van der Waals surface area (Å²) in [5.74, 6) is 0. The number of rotatable bonds is 6. The molecule has 1 aromatic rings. The standard InChI is InChI=1S/C16H22ClN/c1-4-7-13-11-15(17)9-8-14(13)12-16(6-3)18-10-5-2/h6,8-11H,4-5,7,12H2,1-3H3/b16-6-,18-10?. The lowest BCUT2D eigenvalue weighted by Gasteiger charge is -2.09. The van der Waals surface area contributed by atoms with Gasteiger partial charge in [-0.05, 0) is 43.0 Å². The lowest BCUT2D eigenvalue weighted by molar-refractivity contribution is 0.900. The lowest BCUT2D eigenvalue weighted by atomic mass is 9.99. The van der Waals surface area contributed by atoms with E-state index >= 15 is 0 Å². The first-order valence-corrected chi connectivity index (χ1v) is 7.04. The number of hydrogen-bond acceptors (Lipinski definition) is 1. The molecule has 0 aliphatic rings. The first-order chi connectivity index (χ1) is 8.71. The van der Waals surface area contributed by atoms with Gasteiger partial charge in [0.15, 0.2) is 0 Å². The zero-order valence-corrected chi connectivity index (χ0v) is 12.3. The van der Waals surface area contributed by atoms with Crippen molar-refractivity contribution in [3.8, 4) is 0 Å².